The summed E-state index contributed by atoms with van der Waals surface area (Å²) < 4.78 is 5.73. The second-order valence-corrected chi connectivity index (χ2v) is 4.54. The molecule has 1 heterocycles. The van der Waals surface area contributed by atoms with Gasteiger partial charge in [0.05, 0.1) is 5.56 Å². The third-order valence-electron chi connectivity index (χ3n) is 3.12. The van der Waals surface area contributed by atoms with Crippen LogP contribution in [0.15, 0.2) is 60.7 Å². The summed E-state index contributed by atoms with van der Waals surface area (Å²) in [4.78, 5) is 3.45. The van der Waals surface area contributed by atoms with Crippen molar-refractivity contribution in [2.45, 2.75) is 12.5 Å². The van der Waals surface area contributed by atoms with Gasteiger partial charge >= 0.3 is 5.90 Å². The van der Waals surface area contributed by atoms with Crippen LogP contribution >= 0.6 is 0 Å². The molecule has 0 amide bonds. The second kappa shape index (κ2) is 5.05. The number of hydrogen-bond acceptors (Lipinski definition) is 1. The molecule has 0 radical (unpaired) electrons. The van der Waals surface area contributed by atoms with Crippen LogP contribution in [0.1, 0.15) is 11.1 Å². The highest BCUT2D eigenvalue weighted by molar-refractivity contribution is 5.89. The molecule has 0 bridgehead atoms. The van der Waals surface area contributed by atoms with Crippen LogP contribution < -0.4 is 4.99 Å². The van der Waals surface area contributed by atoms with E-state index in [2.05, 4.69) is 41.4 Å². The minimum Gasteiger partial charge on any atom is -0.437 e. The standard InChI is InChI=1S/C16H15NO/c1-3-7-13(8-4-1)11-15-12-18-16(17-15)14-9-5-2-6-10-14/h1-10,15H,11-12H2/p+1/t15-/m0/s1. The van der Waals surface area contributed by atoms with Gasteiger partial charge in [-0.25, -0.2) is 4.99 Å². The number of nitrogens with one attached hydrogen (secondary N) is 1. The Morgan fingerprint density at radius 1 is 0.944 bits per heavy atom. The molecule has 2 aromatic rings. The van der Waals surface area contributed by atoms with Crippen LogP contribution in [-0.4, -0.2) is 18.5 Å². The maximum absolute atomic E-state index is 5.73. The summed E-state index contributed by atoms with van der Waals surface area (Å²) in [6.07, 6.45) is 0.997. The van der Waals surface area contributed by atoms with Crippen LogP contribution in [0.25, 0.3) is 0 Å². The molecule has 0 saturated heterocycles. The molecule has 18 heavy (non-hydrogen) atoms. The summed E-state index contributed by atoms with van der Waals surface area (Å²) in [5.41, 5.74) is 2.46. The minimum atomic E-state index is 0.364. The van der Waals surface area contributed by atoms with Crippen LogP contribution in [0.2, 0.25) is 0 Å². The Kier molecular flexibility index (Phi) is 3.09. The van der Waals surface area contributed by atoms with Gasteiger partial charge < -0.3 is 4.74 Å². The van der Waals surface area contributed by atoms with E-state index in [4.69, 9.17) is 4.74 Å². The quantitative estimate of drug-likeness (QED) is 0.852. The fraction of sp³-hybridized carbons (Fsp3) is 0.188. The third-order valence-corrected chi connectivity index (χ3v) is 3.12. The SMILES string of the molecule is c1ccc(C[C@H]2COC(c3ccccc3)=[NH+]2)cc1. The van der Waals surface area contributed by atoms with Gasteiger partial charge in [0.25, 0.3) is 0 Å². The Morgan fingerprint density at radius 2 is 1.61 bits per heavy atom. The van der Waals surface area contributed by atoms with Gasteiger partial charge in [0.2, 0.25) is 0 Å². The zero-order valence-electron chi connectivity index (χ0n) is 10.2. The van der Waals surface area contributed by atoms with Crippen LogP contribution in [0.3, 0.4) is 0 Å². The first-order valence-electron chi connectivity index (χ1n) is 6.27. The van der Waals surface area contributed by atoms with E-state index in [-0.39, 0.29) is 0 Å². The maximum Gasteiger partial charge on any atom is 0.368 e. The summed E-state index contributed by atoms with van der Waals surface area (Å²) in [7, 11) is 0. The smallest absolute Gasteiger partial charge is 0.368 e. The largest absolute Gasteiger partial charge is 0.437 e. The number of rotatable bonds is 3. The van der Waals surface area contributed by atoms with Crippen molar-refractivity contribution in [3.8, 4) is 0 Å². The Balaban J connectivity index is 1.73. The summed E-state index contributed by atoms with van der Waals surface area (Å²) in [6.45, 7) is 0.735. The molecule has 0 aliphatic carbocycles. The highest BCUT2D eigenvalue weighted by Crippen LogP contribution is 2.06. The molecule has 1 N–H and O–H groups in total. The van der Waals surface area contributed by atoms with Crippen molar-refractivity contribution in [1.82, 2.24) is 0 Å². The average molecular weight is 238 g/mol. The van der Waals surface area contributed by atoms with Crippen molar-refractivity contribution in [3.05, 3.63) is 71.8 Å². The first-order chi connectivity index (χ1) is 8.92. The minimum absolute atomic E-state index is 0.364. The summed E-state index contributed by atoms with van der Waals surface area (Å²) in [6, 6.07) is 21.1. The van der Waals surface area contributed by atoms with Crippen molar-refractivity contribution in [1.29, 1.82) is 0 Å². The van der Waals surface area contributed by atoms with Gasteiger partial charge in [-0.05, 0) is 17.7 Å². The van der Waals surface area contributed by atoms with E-state index in [1.807, 2.05) is 24.3 Å². The van der Waals surface area contributed by atoms with Crippen molar-refractivity contribution >= 4 is 5.90 Å². The van der Waals surface area contributed by atoms with Crippen molar-refractivity contribution in [3.63, 3.8) is 0 Å². The molecule has 0 spiro atoms. The topological polar surface area (TPSA) is 23.2 Å². The lowest BCUT2D eigenvalue weighted by atomic mass is 10.1. The van der Waals surface area contributed by atoms with Gasteiger partial charge in [-0.2, -0.15) is 0 Å². The van der Waals surface area contributed by atoms with Gasteiger partial charge in [-0.1, -0.05) is 48.5 Å². The van der Waals surface area contributed by atoms with E-state index in [1.54, 1.807) is 0 Å². The summed E-state index contributed by atoms with van der Waals surface area (Å²) >= 11 is 0. The molecule has 2 nitrogen and oxygen atoms in total. The molecular weight excluding hydrogens is 222 g/mol. The fourth-order valence-electron chi connectivity index (χ4n) is 2.22. The van der Waals surface area contributed by atoms with Gasteiger partial charge in [-0.15, -0.1) is 0 Å². The molecule has 1 aliphatic heterocycles. The average Bonchev–Trinajstić information content (AvgIpc) is 2.89. The predicted molar refractivity (Wildman–Crippen MR) is 71.4 cm³/mol. The zero-order valence-corrected chi connectivity index (χ0v) is 10.2. The van der Waals surface area contributed by atoms with Crippen molar-refractivity contribution < 1.29 is 9.73 Å². The Bertz CT molecular complexity index is 534. The molecule has 90 valence electrons. The lowest BCUT2D eigenvalue weighted by molar-refractivity contribution is -0.489. The number of benzene rings is 2. The van der Waals surface area contributed by atoms with E-state index in [9.17, 15) is 0 Å². The zero-order chi connectivity index (χ0) is 12.2. The Labute approximate surface area is 107 Å². The molecule has 1 atom stereocenters. The van der Waals surface area contributed by atoms with Gasteiger partial charge in [0, 0.05) is 6.42 Å². The third kappa shape index (κ3) is 2.43. The van der Waals surface area contributed by atoms with Crippen LogP contribution in [0.4, 0.5) is 0 Å². The molecule has 3 rings (SSSR count). The lowest BCUT2D eigenvalue weighted by Gasteiger charge is -1.99. The lowest BCUT2D eigenvalue weighted by Crippen LogP contribution is -2.77. The molecule has 0 aromatic heterocycles. The Morgan fingerprint density at radius 3 is 2.33 bits per heavy atom. The normalized spacial score (nSPS) is 18.2. The van der Waals surface area contributed by atoms with Gasteiger partial charge in [-0.3, -0.25) is 0 Å². The van der Waals surface area contributed by atoms with E-state index < -0.39 is 0 Å². The first kappa shape index (κ1) is 11.0. The van der Waals surface area contributed by atoms with Crippen molar-refractivity contribution in [2.24, 2.45) is 0 Å². The van der Waals surface area contributed by atoms with Gasteiger partial charge in [0.1, 0.15) is 0 Å². The molecule has 0 fully saturated rings. The van der Waals surface area contributed by atoms with Crippen LogP contribution in [-0.2, 0) is 11.2 Å². The maximum atomic E-state index is 5.73. The van der Waals surface area contributed by atoms with Crippen LogP contribution in [0, 0.1) is 0 Å². The van der Waals surface area contributed by atoms with E-state index in [0.29, 0.717) is 6.04 Å². The Hall–Kier alpha value is -2.09. The van der Waals surface area contributed by atoms with E-state index in [1.165, 1.54) is 5.56 Å². The summed E-state index contributed by atoms with van der Waals surface area (Å²) in [5.74, 6) is 0.900. The predicted octanol–water partition coefficient (Wildman–Crippen LogP) is 1.16. The van der Waals surface area contributed by atoms with Crippen LogP contribution in [0.5, 0.6) is 0 Å². The monoisotopic (exact) mass is 238 g/mol. The van der Waals surface area contributed by atoms with E-state index >= 15 is 0 Å². The molecular formula is C16H16NO+. The molecule has 1 aliphatic rings. The number of hydrogen-bond donors (Lipinski definition) is 1. The van der Waals surface area contributed by atoms with E-state index in [0.717, 1.165) is 24.5 Å². The highest BCUT2D eigenvalue weighted by atomic mass is 16.5. The second-order valence-electron chi connectivity index (χ2n) is 4.54. The van der Waals surface area contributed by atoms with Crippen molar-refractivity contribution in [2.75, 3.05) is 6.61 Å². The fourth-order valence-corrected chi connectivity index (χ4v) is 2.22. The molecule has 0 saturated carbocycles. The molecule has 0 unspecified atom stereocenters. The number of ether oxygens (including phenoxy) is 1. The molecule has 2 heteroatoms. The summed E-state index contributed by atoms with van der Waals surface area (Å²) in [5, 5.41) is 0. The molecule has 2 aromatic carbocycles. The first-order valence-corrected chi connectivity index (χ1v) is 6.27. The van der Waals surface area contributed by atoms with Gasteiger partial charge in [0.15, 0.2) is 12.6 Å². The highest BCUT2D eigenvalue weighted by Gasteiger charge is 2.26.